The third kappa shape index (κ3) is 1.95. The van der Waals surface area contributed by atoms with Crippen LogP contribution in [0.1, 0.15) is 40.0 Å². The molecule has 2 aliphatic rings. The van der Waals surface area contributed by atoms with Crippen LogP contribution in [0.3, 0.4) is 0 Å². The minimum atomic E-state index is -0.697. The molecule has 1 saturated carbocycles. The molecule has 16 heavy (non-hydrogen) atoms. The first-order valence-electron chi connectivity index (χ1n) is 6.11. The van der Waals surface area contributed by atoms with Gasteiger partial charge in [-0.2, -0.15) is 0 Å². The van der Waals surface area contributed by atoms with E-state index in [0.717, 1.165) is 12.8 Å². The Labute approximate surface area is 96.8 Å². The number of rotatable bonds is 1. The lowest BCUT2D eigenvalue weighted by molar-refractivity contribution is -0.261. The van der Waals surface area contributed by atoms with Gasteiger partial charge in [-0.1, -0.05) is 20.8 Å². The molecule has 1 aliphatic carbocycles. The maximum Gasteiger partial charge on any atom is 0.337 e. The number of hydrogen-bond donors (Lipinski definition) is 0. The van der Waals surface area contributed by atoms with E-state index in [4.69, 9.17) is 9.47 Å². The van der Waals surface area contributed by atoms with E-state index in [9.17, 15) is 4.79 Å². The summed E-state index contributed by atoms with van der Waals surface area (Å²) in [7, 11) is 0. The molecular weight excluding hydrogens is 204 g/mol. The molecule has 0 aromatic heterocycles. The SMILES string of the molecule is CC(C)[C@@H]1CC[C@@H](C)C[C@@]12OC=CC(=O)O2. The summed E-state index contributed by atoms with van der Waals surface area (Å²) >= 11 is 0. The van der Waals surface area contributed by atoms with Gasteiger partial charge >= 0.3 is 5.97 Å². The molecule has 1 aliphatic heterocycles. The van der Waals surface area contributed by atoms with Gasteiger partial charge in [-0.3, -0.25) is 0 Å². The average Bonchev–Trinajstić information content (AvgIpc) is 2.16. The summed E-state index contributed by atoms with van der Waals surface area (Å²) in [5.41, 5.74) is 0. The van der Waals surface area contributed by atoms with E-state index >= 15 is 0 Å². The number of carbonyl (C=O) groups excluding carboxylic acids is 1. The molecule has 0 saturated heterocycles. The van der Waals surface area contributed by atoms with Crippen LogP contribution in [0.2, 0.25) is 0 Å². The van der Waals surface area contributed by atoms with E-state index in [1.807, 2.05) is 0 Å². The lowest BCUT2D eigenvalue weighted by Crippen LogP contribution is -2.51. The van der Waals surface area contributed by atoms with Crippen molar-refractivity contribution in [1.82, 2.24) is 0 Å². The summed E-state index contributed by atoms with van der Waals surface area (Å²) < 4.78 is 11.2. The maximum atomic E-state index is 11.4. The van der Waals surface area contributed by atoms with E-state index in [1.54, 1.807) is 0 Å². The van der Waals surface area contributed by atoms with E-state index in [0.29, 0.717) is 17.8 Å². The van der Waals surface area contributed by atoms with Crippen molar-refractivity contribution in [3.8, 4) is 0 Å². The Bertz CT molecular complexity index is 308. The Balaban J connectivity index is 2.25. The Morgan fingerprint density at radius 1 is 1.44 bits per heavy atom. The van der Waals surface area contributed by atoms with Gasteiger partial charge in [0.2, 0.25) is 0 Å². The Morgan fingerprint density at radius 3 is 2.81 bits per heavy atom. The molecule has 3 atom stereocenters. The highest BCUT2D eigenvalue weighted by Gasteiger charge is 2.50. The molecule has 3 nitrogen and oxygen atoms in total. The molecule has 3 heteroatoms. The molecule has 1 spiro atoms. The highest BCUT2D eigenvalue weighted by Crippen LogP contribution is 2.45. The zero-order valence-electron chi connectivity index (χ0n) is 10.2. The van der Waals surface area contributed by atoms with E-state index in [1.165, 1.54) is 18.8 Å². The van der Waals surface area contributed by atoms with Crippen molar-refractivity contribution in [3.05, 3.63) is 12.3 Å². The van der Waals surface area contributed by atoms with Crippen LogP contribution in [0.5, 0.6) is 0 Å². The Kier molecular flexibility index (Phi) is 2.96. The van der Waals surface area contributed by atoms with Crippen molar-refractivity contribution in [2.75, 3.05) is 0 Å². The summed E-state index contributed by atoms with van der Waals surface area (Å²) in [6, 6.07) is 0. The summed E-state index contributed by atoms with van der Waals surface area (Å²) in [5.74, 6) is 0.349. The minimum absolute atomic E-state index is 0.272. The summed E-state index contributed by atoms with van der Waals surface area (Å²) in [4.78, 5) is 11.4. The lowest BCUT2D eigenvalue weighted by Gasteiger charge is -2.46. The lowest BCUT2D eigenvalue weighted by atomic mass is 9.72. The predicted octanol–water partition coefficient (Wildman–Crippen LogP) is 2.86. The van der Waals surface area contributed by atoms with Crippen LogP contribution in [0.25, 0.3) is 0 Å². The molecular formula is C13H20O3. The summed E-state index contributed by atoms with van der Waals surface area (Å²) in [5, 5.41) is 0. The first kappa shape index (κ1) is 11.5. The molecule has 1 heterocycles. The van der Waals surface area contributed by atoms with Crippen LogP contribution >= 0.6 is 0 Å². The third-order valence-corrected chi connectivity index (χ3v) is 3.72. The Morgan fingerprint density at radius 2 is 2.19 bits per heavy atom. The monoisotopic (exact) mass is 224 g/mol. The average molecular weight is 224 g/mol. The number of hydrogen-bond acceptors (Lipinski definition) is 3. The zero-order valence-corrected chi connectivity index (χ0v) is 10.2. The van der Waals surface area contributed by atoms with Gasteiger partial charge in [0.05, 0.1) is 12.3 Å². The first-order valence-corrected chi connectivity index (χ1v) is 6.11. The number of ether oxygens (including phenoxy) is 2. The third-order valence-electron chi connectivity index (χ3n) is 3.72. The number of carbonyl (C=O) groups is 1. The van der Waals surface area contributed by atoms with Crippen LogP contribution < -0.4 is 0 Å². The second kappa shape index (κ2) is 4.11. The summed E-state index contributed by atoms with van der Waals surface area (Å²) in [6.45, 7) is 6.52. The van der Waals surface area contributed by atoms with Crippen LogP contribution in [0.4, 0.5) is 0 Å². The normalized spacial score (nSPS) is 38.6. The molecule has 2 rings (SSSR count). The predicted molar refractivity (Wildman–Crippen MR) is 60.4 cm³/mol. The van der Waals surface area contributed by atoms with Gasteiger partial charge < -0.3 is 9.47 Å². The van der Waals surface area contributed by atoms with Crippen molar-refractivity contribution >= 4 is 5.97 Å². The molecule has 0 amide bonds. The molecule has 1 fully saturated rings. The van der Waals surface area contributed by atoms with Gasteiger partial charge in [-0.05, 0) is 24.7 Å². The highest BCUT2D eigenvalue weighted by atomic mass is 16.7. The minimum Gasteiger partial charge on any atom is -0.459 e. The van der Waals surface area contributed by atoms with Gasteiger partial charge in [0, 0.05) is 12.3 Å². The standard InChI is InChI=1S/C13H20O3/c1-9(2)11-5-4-10(3)8-13(11)15-7-6-12(14)16-13/h6-7,9-11H,4-5,8H2,1-3H3/t10-,11+,13+/m1/s1. The largest absolute Gasteiger partial charge is 0.459 e. The molecule has 0 unspecified atom stereocenters. The van der Waals surface area contributed by atoms with Crippen LogP contribution in [-0.4, -0.2) is 11.8 Å². The second-order valence-electron chi connectivity index (χ2n) is 5.39. The van der Waals surface area contributed by atoms with Gasteiger partial charge in [0.25, 0.3) is 5.79 Å². The highest BCUT2D eigenvalue weighted by molar-refractivity contribution is 5.82. The fourth-order valence-corrected chi connectivity index (χ4v) is 2.95. The van der Waals surface area contributed by atoms with Crippen molar-refractivity contribution in [3.63, 3.8) is 0 Å². The van der Waals surface area contributed by atoms with Gasteiger partial charge in [-0.15, -0.1) is 0 Å². The zero-order chi connectivity index (χ0) is 11.8. The quantitative estimate of drug-likeness (QED) is 0.642. The topological polar surface area (TPSA) is 35.5 Å². The number of esters is 1. The van der Waals surface area contributed by atoms with Gasteiger partial charge in [0.15, 0.2) is 0 Å². The first-order chi connectivity index (χ1) is 7.53. The fraction of sp³-hybridized carbons (Fsp3) is 0.769. The van der Waals surface area contributed by atoms with Crippen molar-refractivity contribution in [2.24, 2.45) is 17.8 Å². The second-order valence-corrected chi connectivity index (χ2v) is 5.39. The van der Waals surface area contributed by atoms with Gasteiger partial charge in [-0.25, -0.2) is 4.79 Å². The maximum absolute atomic E-state index is 11.4. The van der Waals surface area contributed by atoms with E-state index < -0.39 is 5.79 Å². The Hall–Kier alpha value is -0.990. The van der Waals surface area contributed by atoms with E-state index in [2.05, 4.69) is 20.8 Å². The molecule has 0 aromatic carbocycles. The van der Waals surface area contributed by atoms with Crippen molar-refractivity contribution < 1.29 is 14.3 Å². The van der Waals surface area contributed by atoms with Crippen LogP contribution in [-0.2, 0) is 14.3 Å². The smallest absolute Gasteiger partial charge is 0.337 e. The summed E-state index contributed by atoms with van der Waals surface area (Å²) in [6.07, 6.45) is 5.92. The molecule has 0 aromatic rings. The molecule has 0 N–H and O–H groups in total. The molecule has 90 valence electrons. The van der Waals surface area contributed by atoms with Crippen molar-refractivity contribution in [1.29, 1.82) is 0 Å². The van der Waals surface area contributed by atoms with Gasteiger partial charge in [0.1, 0.15) is 0 Å². The fourth-order valence-electron chi connectivity index (χ4n) is 2.95. The molecule has 0 radical (unpaired) electrons. The van der Waals surface area contributed by atoms with Crippen molar-refractivity contribution in [2.45, 2.75) is 45.8 Å². The van der Waals surface area contributed by atoms with Crippen LogP contribution in [0, 0.1) is 17.8 Å². The van der Waals surface area contributed by atoms with E-state index in [-0.39, 0.29) is 5.97 Å². The molecule has 0 bridgehead atoms. The van der Waals surface area contributed by atoms with Crippen LogP contribution in [0.15, 0.2) is 12.3 Å².